The third kappa shape index (κ3) is 4.85. The first kappa shape index (κ1) is 25.7. The number of Topliss-reactive ketones (excluding diaryl/α,β-unsaturated/α-hetero) is 1. The van der Waals surface area contributed by atoms with Crippen molar-refractivity contribution in [3.8, 4) is 11.5 Å². The van der Waals surface area contributed by atoms with Gasteiger partial charge in [0.1, 0.15) is 17.3 Å². The molecule has 0 spiro atoms. The van der Waals surface area contributed by atoms with Crippen molar-refractivity contribution in [3.05, 3.63) is 93.6 Å². The Morgan fingerprint density at radius 1 is 0.919 bits per heavy atom. The van der Waals surface area contributed by atoms with Crippen LogP contribution in [-0.2, 0) is 14.4 Å². The molecule has 1 amide bonds. The monoisotopic (exact) mass is 499 g/mol. The number of aryl methyl sites for hydroxylation is 4. The highest BCUT2D eigenvalue weighted by Gasteiger charge is 2.47. The number of aliphatic hydroxyl groups is 1. The van der Waals surface area contributed by atoms with Gasteiger partial charge in [-0.25, -0.2) is 0 Å². The molecule has 1 aliphatic heterocycles. The highest BCUT2D eigenvalue weighted by molar-refractivity contribution is 6.51. The first-order valence-electron chi connectivity index (χ1n) is 11.8. The number of nitrogens with zero attached hydrogens (tertiary/aromatic N) is 1. The van der Waals surface area contributed by atoms with E-state index in [1.165, 1.54) is 18.9 Å². The Morgan fingerprint density at radius 2 is 1.57 bits per heavy atom. The molecule has 1 heterocycles. The number of anilines is 1. The summed E-state index contributed by atoms with van der Waals surface area (Å²) in [7, 11) is 1.49. The van der Waals surface area contributed by atoms with Gasteiger partial charge in [-0.2, -0.15) is 0 Å². The minimum atomic E-state index is -0.970. The summed E-state index contributed by atoms with van der Waals surface area (Å²) in [6, 6.07) is 14.9. The summed E-state index contributed by atoms with van der Waals surface area (Å²) >= 11 is 0. The molecule has 0 aromatic heterocycles. The zero-order chi connectivity index (χ0) is 27.0. The van der Waals surface area contributed by atoms with Gasteiger partial charge < -0.3 is 14.6 Å². The van der Waals surface area contributed by atoms with E-state index in [1.807, 2.05) is 52.0 Å². The highest BCUT2D eigenvalue weighted by Crippen LogP contribution is 2.44. The topological polar surface area (TPSA) is 93.1 Å². The van der Waals surface area contributed by atoms with E-state index in [9.17, 15) is 19.5 Å². The lowest BCUT2D eigenvalue weighted by molar-refractivity contribution is -0.132. The number of hydrogen-bond acceptors (Lipinski definition) is 6. The Balaban J connectivity index is 2.03. The fraction of sp³-hybridized carbons (Fsp3) is 0.233. The van der Waals surface area contributed by atoms with Gasteiger partial charge in [-0.1, -0.05) is 24.3 Å². The Labute approximate surface area is 215 Å². The van der Waals surface area contributed by atoms with Crippen molar-refractivity contribution in [2.75, 3.05) is 12.0 Å². The lowest BCUT2D eigenvalue weighted by atomic mass is 9.93. The molecular formula is C30H29NO6. The summed E-state index contributed by atoms with van der Waals surface area (Å²) in [5.41, 5.74) is 4.74. The number of aliphatic hydroxyl groups excluding tert-OH is 1. The molecule has 1 saturated heterocycles. The van der Waals surface area contributed by atoms with E-state index < -0.39 is 23.7 Å². The predicted molar refractivity (Wildman–Crippen MR) is 141 cm³/mol. The summed E-state index contributed by atoms with van der Waals surface area (Å²) in [4.78, 5) is 40.1. The first-order chi connectivity index (χ1) is 17.5. The molecule has 1 aliphatic rings. The molecule has 1 unspecified atom stereocenters. The molecule has 190 valence electrons. The van der Waals surface area contributed by atoms with Gasteiger partial charge in [0.25, 0.3) is 11.7 Å². The summed E-state index contributed by atoms with van der Waals surface area (Å²) in [5.74, 6) is -1.75. The van der Waals surface area contributed by atoms with E-state index in [0.29, 0.717) is 22.6 Å². The van der Waals surface area contributed by atoms with E-state index in [4.69, 9.17) is 9.47 Å². The molecule has 3 aromatic rings. The average molecular weight is 500 g/mol. The summed E-state index contributed by atoms with van der Waals surface area (Å²) < 4.78 is 10.8. The van der Waals surface area contributed by atoms with Crippen LogP contribution >= 0.6 is 0 Å². The third-order valence-electron chi connectivity index (χ3n) is 6.24. The number of rotatable bonds is 5. The molecule has 4 rings (SSSR count). The van der Waals surface area contributed by atoms with E-state index in [2.05, 4.69) is 0 Å². The van der Waals surface area contributed by atoms with Crippen molar-refractivity contribution in [2.45, 2.75) is 40.7 Å². The van der Waals surface area contributed by atoms with Gasteiger partial charge in [-0.05, 0) is 85.8 Å². The molecule has 7 heteroatoms. The fourth-order valence-electron chi connectivity index (χ4n) is 4.96. The van der Waals surface area contributed by atoms with Crippen LogP contribution in [0.4, 0.5) is 5.69 Å². The maximum atomic E-state index is 13.6. The molecule has 37 heavy (non-hydrogen) atoms. The number of hydrogen-bond donors (Lipinski definition) is 1. The molecule has 0 aliphatic carbocycles. The normalized spacial score (nSPS) is 16.7. The Bertz CT molecular complexity index is 1450. The zero-order valence-corrected chi connectivity index (χ0v) is 21.7. The van der Waals surface area contributed by atoms with Crippen LogP contribution in [0.2, 0.25) is 0 Å². The number of amides is 1. The van der Waals surface area contributed by atoms with Crippen LogP contribution in [0.3, 0.4) is 0 Å². The SMILES string of the molecule is COc1c(C)cc(C)cc1/C(O)=C1\C(=O)C(=O)N(c2cc(C)cc(C)c2)C1c1cccc(OC(C)=O)c1. The van der Waals surface area contributed by atoms with E-state index in [-0.39, 0.29) is 17.1 Å². The van der Waals surface area contributed by atoms with Crippen molar-refractivity contribution in [1.82, 2.24) is 0 Å². The predicted octanol–water partition coefficient (Wildman–Crippen LogP) is 5.48. The Hall–Kier alpha value is -4.39. The molecule has 0 bridgehead atoms. The van der Waals surface area contributed by atoms with Gasteiger partial charge in [0.15, 0.2) is 0 Å². The van der Waals surface area contributed by atoms with Crippen molar-refractivity contribution >= 4 is 29.1 Å². The lowest BCUT2D eigenvalue weighted by Gasteiger charge is -2.26. The van der Waals surface area contributed by atoms with Crippen LogP contribution in [0.25, 0.3) is 5.76 Å². The second-order valence-corrected chi connectivity index (χ2v) is 9.34. The summed E-state index contributed by atoms with van der Waals surface area (Å²) in [5, 5.41) is 11.6. The smallest absolute Gasteiger partial charge is 0.308 e. The molecule has 7 nitrogen and oxygen atoms in total. The quantitative estimate of drug-likeness (QED) is 0.164. The molecular weight excluding hydrogens is 470 g/mol. The fourth-order valence-corrected chi connectivity index (χ4v) is 4.96. The Kier molecular flexibility index (Phi) is 6.90. The van der Waals surface area contributed by atoms with Gasteiger partial charge in [0, 0.05) is 12.6 Å². The number of esters is 1. The molecule has 0 radical (unpaired) electrons. The number of ether oxygens (including phenoxy) is 2. The van der Waals surface area contributed by atoms with Crippen LogP contribution in [0.5, 0.6) is 11.5 Å². The van der Waals surface area contributed by atoms with Crippen LogP contribution in [0.1, 0.15) is 46.3 Å². The van der Waals surface area contributed by atoms with Crippen LogP contribution < -0.4 is 14.4 Å². The molecule has 1 N–H and O–H groups in total. The maximum absolute atomic E-state index is 13.6. The molecule has 1 fully saturated rings. The summed E-state index contributed by atoms with van der Waals surface area (Å²) in [6.07, 6.45) is 0. The molecule has 0 saturated carbocycles. The van der Waals surface area contributed by atoms with Crippen molar-refractivity contribution < 1.29 is 29.0 Å². The van der Waals surface area contributed by atoms with Crippen LogP contribution in [0, 0.1) is 27.7 Å². The van der Waals surface area contributed by atoms with Crippen molar-refractivity contribution in [3.63, 3.8) is 0 Å². The standard InChI is InChI=1S/C30H29NO6/c1-16-10-17(2)13-22(12-16)31-26(21-8-7-9-23(15-21)37-20(5)32)25(28(34)30(31)35)27(33)24-14-18(3)11-19(4)29(24)36-6/h7-15,26,33H,1-6H3/b27-25+. The van der Waals surface area contributed by atoms with Crippen molar-refractivity contribution in [1.29, 1.82) is 0 Å². The van der Waals surface area contributed by atoms with E-state index in [1.54, 1.807) is 30.3 Å². The van der Waals surface area contributed by atoms with Gasteiger partial charge >= 0.3 is 5.97 Å². The second-order valence-electron chi connectivity index (χ2n) is 9.34. The third-order valence-corrected chi connectivity index (χ3v) is 6.24. The number of methoxy groups -OCH3 is 1. The van der Waals surface area contributed by atoms with Crippen LogP contribution in [0.15, 0.2) is 60.2 Å². The van der Waals surface area contributed by atoms with Gasteiger partial charge in [0.05, 0.1) is 24.3 Å². The summed E-state index contributed by atoms with van der Waals surface area (Å²) in [6.45, 7) is 8.82. The largest absolute Gasteiger partial charge is 0.507 e. The average Bonchev–Trinajstić information content (AvgIpc) is 3.08. The van der Waals surface area contributed by atoms with Crippen molar-refractivity contribution in [2.24, 2.45) is 0 Å². The Morgan fingerprint density at radius 3 is 2.19 bits per heavy atom. The number of benzene rings is 3. The van der Waals surface area contributed by atoms with E-state index in [0.717, 1.165) is 22.3 Å². The maximum Gasteiger partial charge on any atom is 0.308 e. The van der Waals surface area contributed by atoms with Gasteiger partial charge in [0.2, 0.25) is 0 Å². The number of carbonyl (C=O) groups excluding carboxylic acids is 3. The number of carbonyl (C=O) groups is 3. The zero-order valence-electron chi connectivity index (χ0n) is 21.7. The first-order valence-corrected chi connectivity index (χ1v) is 11.8. The molecule has 1 atom stereocenters. The molecule has 3 aromatic carbocycles. The lowest BCUT2D eigenvalue weighted by Crippen LogP contribution is -2.29. The number of ketones is 1. The second kappa shape index (κ2) is 9.93. The van der Waals surface area contributed by atoms with Gasteiger partial charge in [-0.15, -0.1) is 0 Å². The van der Waals surface area contributed by atoms with Gasteiger partial charge in [-0.3, -0.25) is 19.3 Å². The highest BCUT2D eigenvalue weighted by atomic mass is 16.5. The minimum absolute atomic E-state index is 0.0764. The van der Waals surface area contributed by atoms with E-state index >= 15 is 0 Å². The minimum Gasteiger partial charge on any atom is -0.507 e. The van der Waals surface area contributed by atoms with Crippen LogP contribution in [-0.4, -0.2) is 29.9 Å².